The second kappa shape index (κ2) is 12.6. The van der Waals surface area contributed by atoms with Crippen LogP contribution in [-0.4, -0.2) is 65.7 Å². The number of hydrogen-bond acceptors (Lipinski definition) is 10. The summed E-state index contributed by atoms with van der Waals surface area (Å²) in [5.74, 6) is -2.11. The molecule has 2 aromatic heterocycles. The lowest BCUT2D eigenvalue weighted by Gasteiger charge is -2.28. The van der Waals surface area contributed by atoms with Gasteiger partial charge in [0.05, 0.1) is 13.2 Å². The first kappa shape index (κ1) is 28.0. The molecule has 0 unspecified atom stereocenters. The molecule has 1 fully saturated rings. The molecule has 0 spiro atoms. The second-order valence-corrected chi connectivity index (χ2v) is 9.41. The van der Waals surface area contributed by atoms with Crippen LogP contribution in [0.15, 0.2) is 46.9 Å². The van der Waals surface area contributed by atoms with E-state index in [1.54, 1.807) is 6.20 Å². The van der Waals surface area contributed by atoms with Gasteiger partial charge in [0, 0.05) is 42.4 Å². The molecular formula is C22H23F3N6O4S2. The number of ether oxygens (including phenoxy) is 1. The number of pyridine rings is 1. The molecule has 10 nitrogen and oxygen atoms in total. The predicted octanol–water partition coefficient (Wildman–Crippen LogP) is 4.32. The highest BCUT2D eigenvalue weighted by molar-refractivity contribution is 8.00. The van der Waals surface area contributed by atoms with Crippen LogP contribution in [0.5, 0.6) is 0 Å². The number of thiazole rings is 1. The molecule has 3 heterocycles. The highest BCUT2D eigenvalue weighted by Crippen LogP contribution is 2.31. The number of thioether (sulfide) groups is 1. The molecule has 1 amide bonds. The molecule has 0 radical (unpaired) electrons. The minimum absolute atomic E-state index is 0.407. The fourth-order valence-corrected chi connectivity index (χ4v) is 4.45. The average Bonchev–Trinajstić information content (AvgIpc) is 3.28. The van der Waals surface area contributed by atoms with Crippen molar-refractivity contribution in [1.29, 1.82) is 0 Å². The molecule has 37 heavy (non-hydrogen) atoms. The molecule has 1 aliphatic heterocycles. The quantitative estimate of drug-likeness (QED) is 0.311. The Balaban J connectivity index is 0.000000479. The molecule has 5 N–H and O–H groups in total. The van der Waals surface area contributed by atoms with Crippen LogP contribution in [0.4, 0.5) is 41.9 Å². The van der Waals surface area contributed by atoms with Crippen molar-refractivity contribution < 1.29 is 32.6 Å². The summed E-state index contributed by atoms with van der Waals surface area (Å²) < 4.78 is 37.9. The number of alkyl halides is 3. The Bertz CT molecular complexity index is 1220. The smallest absolute Gasteiger partial charge is 0.475 e. The van der Waals surface area contributed by atoms with Crippen molar-refractivity contribution in [3.8, 4) is 0 Å². The van der Waals surface area contributed by atoms with Crippen LogP contribution < -0.4 is 21.3 Å². The number of nitrogens with one attached hydrogen (secondary N) is 2. The van der Waals surface area contributed by atoms with Crippen molar-refractivity contribution in [2.45, 2.75) is 10.5 Å². The summed E-state index contributed by atoms with van der Waals surface area (Å²) in [5.41, 5.74) is 8.36. The fraction of sp³-hybridized carbons (Fsp3) is 0.273. The summed E-state index contributed by atoms with van der Waals surface area (Å²) in [6.07, 6.45) is -1.48. The van der Waals surface area contributed by atoms with Crippen LogP contribution in [0, 0.1) is 0 Å². The van der Waals surface area contributed by atoms with E-state index in [0.717, 1.165) is 42.0 Å². The number of benzene rings is 1. The molecule has 0 atom stereocenters. The predicted molar refractivity (Wildman–Crippen MR) is 136 cm³/mol. The average molecular weight is 557 g/mol. The zero-order valence-electron chi connectivity index (χ0n) is 19.4. The number of nitrogens with two attached hydrogens (primary N) is 1. The number of aliphatic carboxylic acids is 1. The summed E-state index contributed by atoms with van der Waals surface area (Å²) in [7, 11) is 0. The molecule has 198 valence electrons. The summed E-state index contributed by atoms with van der Waals surface area (Å²) >= 11 is 2.75. The molecule has 3 aromatic rings. The van der Waals surface area contributed by atoms with Gasteiger partial charge < -0.3 is 31.1 Å². The third-order valence-electron chi connectivity index (χ3n) is 4.79. The van der Waals surface area contributed by atoms with E-state index in [1.807, 2.05) is 30.5 Å². The Morgan fingerprint density at radius 3 is 2.35 bits per heavy atom. The zero-order chi connectivity index (χ0) is 27.0. The van der Waals surface area contributed by atoms with Crippen LogP contribution in [-0.2, 0) is 9.53 Å². The van der Waals surface area contributed by atoms with Gasteiger partial charge in [-0.2, -0.15) is 13.2 Å². The van der Waals surface area contributed by atoms with Gasteiger partial charge in [0.1, 0.15) is 10.7 Å². The molecule has 0 bridgehead atoms. The second-order valence-electron chi connectivity index (χ2n) is 7.35. The number of halogens is 3. The van der Waals surface area contributed by atoms with E-state index in [9.17, 15) is 18.0 Å². The molecular weight excluding hydrogens is 533 g/mol. The Morgan fingerprint density at radius 1 is 1.14 bits per heavy atom. The van der Waals surface area contributed by atoms with Gasteiger partial charge in [-0.25, -0.2) is 14.8 Å². The largest absolute Gasteiger partial charge is 0.490 e. The van der Waals surface area contributed by atoms with E-state index in [1.165, 1.54) is 28.8 Å². The number of anilines is 5. The third-order valence-corrected chi connectivity index (χ3v) is 6.84. The van der Waals surface area contributed by atoms with E-state index in [2.05, 4.69) is 37.6 Å². The van der Waals surface area contributed by atoms with Crippen LogP contribution in [0.3, 0.4) is 0 Å². The lowest BCUT2D eigenvalue weighted by atomic mass is 10.2. The molecule has 4 rings (SSSR count). The minimum atomic E-state index is -5.08. The van der Waals surface area contributed by atoms with Gasteiger partial charge in [0.25, 0.3) is 5.91 Å². The van der Waals surface area contributed by atoms with Crippen molar-refractivity contribution in [1.82, 2.24) is 9.97 Å². The van der Waals surface area contributed by atoms with E-state index >= 15 is 0 Å². The summed E-state index contributed by atoms with van der Waals surface area (Å²) in [6.45, 7) is 3.34. The number of carbonyl (C=O) groups is 2. The van der Waals surface area contributed by atoms with E-state index in [4.69, 9.17) is 20.4 Å². The van der Waals surface area contributed by atoms with Gasteiger partial charge in [-0.3, -0.25) is 4.79 Å². The van der Waals surface area contributed by atoms with Crippen LogP contribution in [0.2, 0.25) is 0 Å². The monoisotopic (exact) mass is 556 g/mol. The minimum Gasteiger partial charge on any atom is -0.475 e. The van der Waals surface area contributed by atoms with Gasteiger partial charge in [0.15, 0.2) is 10.2 Å². The first-order valence-corrected chi connectivity index (χ1v) is 12.7. The standard InChI is InChI=1S/C20H22N6O2S2.C2HF3O2/c1-29-20-25-19(17(30-20)18(21)27)24-14-6-7-22-16(12-14)23-13-2-4-15(5-3-13)26-8-10-28-11-9-26;3-2(4,5)1(6)7/h2-7,12H,8-11H2,1H3,(H2,21,27)(H2,22,23,24);(H,6,7). The molecule has 1 saturated heterocycles. The number of nitrogens with zero attached hydrogens (tertiary/aromatic N) is 3. The Hall–Kier alpha value is -3.56. The van der Waals surface area contributed by atoms with Crippen molar-refractivity contribution in [3.05, 3.63) is 47.5 Å². The van der Waals surface area contributed by atoms with Crippen molar-refractivity contribution in [2.75, 3.05) is 48.1 Å². The van der Waals surface area contributed by atoms with Gasteiger partial charge in [-0.05, 0) is 36.6 Å². The zero-order valence-corrected chi connectivity index (χ0v) is 21.0. The first-order chi connectivity index (χ1) is 17.6. The van der Waals surface area contributed by atoms with Crippen LogP contribution in [0.25, 0.3) is 0 Å². The van der Waals surface area contributed by atoms with Crippen molar-refractivity contribution in [2.24, 2.45) is 5.73 Å². The summed E-state index contributed by atoms with van der Waals surface area (Å²) in [4.78, 5) is 32.1. The van der Waals surface area contributed by atoms with Gasteiger partial charge in [0.2, 0.25) is 0 Å². The maximum Gasteiger partial charge on any atom is 0.490 e. The molecule has 0 saturated carbocycles. The SMILES string of the molecule is CSc1nc(Nc2ccnc(Nc3ccc(N4CCOCC4)cc3)c2)c(C(N)=O)s1.O=C(O)C(F)(F)F. The van der Waals surface area contributed by atoms with E-state index < -0.39 is 18.1 Å². The van der Waals surface area contributed by atoms with Crippen molar-refractivity contribution in [3.63, 3.8) is 0 Å². The number of rotatable bonds is 7. The molecule has 15 heteroatoms. The third kappa shape index (κ3) is 8.23. The summed E-state index contributed by atoms with van der Waals surface area (Å²) in [5, 5.41) is 13.6. The number of amides is 1. The maximum atomic E-state index is 11.7. The van der Waals surface area contributed by atoms with Gasteiger partial charge in [-0.15, -0.1) is 11.3 Å². The Labute approximate surface area is 218 Å². The molecule has 1 aliphatic rings. The maximum absolute atomic E-state index is 11.7. The number of hydrogen-bond donors (Lipinski definition) is 4. The number of morpholine rings is 1. The molecule has 0 aliphatic carbocycles. The van der Waals surface area contributed by atoms with Crippen LogP contribution in [0.1, 0.15) is 9.67 Å². The van der Waals surface area contributed by atoms with E-state index in [-0.39, 0.29) is 0 Å². The molecule has 1 aromatic carbocycles. The highest BCUT2D eigenvalue weighted by atomic mass is 32.2. The Kier molecular flexibility index (Phi) is 9.54. The number of carbonyl (C=O) groups excluding carboxylic acids is 1. The van der Waals surface area contributed by atoms with Crippen LogP contribution >= 0.6 is 23.1 Å². The lowest BCUT2D eigenvalue weighted by Crippen LogP contribution is -2.36. The normalized spacial score (nSPS) is 13.4. The van der Waals surface area contributed by atoms with E-state index in [0.29, 0.717) is 16.5 Å². The fourth-order valence-electron chi connectivity index (χ4n) is 3.08. The topological polar surface area (TPSA) is 143 Å². The number of primary amides is 1. The Morgan fingerprint density at radius 2 is 1.78 bits per heavy atom. The van der Waals surface area contributed by atoms with Gasteiger partial charge >= 0.3 is 12.1 Å². The first-order valence-electron chi connectivity index (χ1n) is 10.6. The van der Waals surface area contributed by atoms with Gasteiger partial charge in [-0.1, -0.05) is 11.8 Å². The highest BCUT2D eigenvalue weighted by Gasteiger charge is 2.38. The number of aromatic nitrogens is 2. The lowest BCUT2D eigenvalue weighted by molar-refractivity contribution is -0.192. The summed E-state index contributed by atoms with van der Waals surface area (Å²) in [6, 6.07) is 11.9. The number of carboxylic acids is 1. The van der Waals surface area contributed by atoms with Crippen molar-refractivity contribution >= 4 is 63.7 Å². The number of carboxylic acid groups (broad SMARTS) is 1.